The smallest absolute Gasteiger partial charge is 0.350 e. The van der Waals surface area contributed by atoms with E-state index in [1.807, 2.05) is 0 Å². The maximum Gasteiger partial charge on any atom is 0.350 e. The Morgan fingerprint density at radius 2 is 2.00 bits per heavy atom. The quantitative estimate of drug-likeness (QED) is 0.836. The molecule has 0 saturated heterocycles. The Morgan fingerprint density at radius 3 is 2.67 bits per heavy atom. The van der Waals surface area contributed by atoms with Crippen LogP contribution < -0.4 is 10.1 Å². The molecule has 2 rings (SSSR count). The van der Waals surface area contributed by atoms with Gasteiger partial charge in [0.15, 0.2) is 0 Å². The normalized spacial score (nSPS) is 10.0. The number of carbonyl (C=O) groups excluding carboxylic acids is 2. The molecule has 1 amide bonds. The van der Waals surface area contributed by atoms with E-state index in [4.69, 9.17) is 4.74 Å². The van der Waals surface area contributed by atoms with Crippen LogP contribution in [0.25, 0.3) is 0 Å². The predicted octanol–water partition coefficient (Wildman–Crippen LogP) is 3.56. The Morgan fingerprint density at radius 1 is 1.24 bits per heavy atom. The Hall–Kier alpha value is -1.86. The van der Waals surface area contributed by atoms with E-state index in [0.717, 1.165) is 4.47 Å². The van der Waals surface area contributed by atoms with E-state index in [2.05, 4.69) is 26.0 Å². The van der Waals surface area contributed by atoms with Crippen molar-refractivity contribution < 1.29 is 19.1 Å². The fourth-order valence-electron chi connectivity index (χ4n) is 1.70. The maximum absolute atomic E-state index is 12.3. The van der Waals surface area contributed by atoms with Crippen LogP contribution in [0.15, 0.2) is 34.1 Å². The van der Waals surface area contributed by atoms with Crippen LogP contribution in [0.2, 0.25) is 0 Å². The number of benzene rings is 1. The van der Waals surface area contributed by atoms with Crippen LogP contribution in [0.4, 0.5) is 5.69 Å². The minimum absolute atomic E-state index is 0.349. The molecule has 0 aliphatic heterocycles. The Balaban J connectivity index is 2.27. The van der Waals surface area contributed by atoms with E-state index >= 15 is 0 Å². The number of anilines is 1. The van der Waals surface area contributed by atoms with Gasteiger partial charge >= 0.3 is 5.97 Å². The molecule has 5 nitrogen and oxygen atoms in total. The lowest BCUT2D eigenvalue weighted by atomic mass is 10.2. The second-order valence-electron chi connectivity index (χ2n) is 3.95. The van der Waals surface area contributed by atoms with Gasteiger partial charge in [-0.25, -0.2) is 4.79 Å². The molecule has 1 heterocycles. The van der Waals surface area contributed by atoms with Crippen LogP contribution in [-0.4, -0.2) is 26.1 Å². The first kappa shape index (κ1) is 15.5. The van der Waals surface area contributed by atoms with Gasteiger partial charge in [-0.2, -0.15) is 0 Å². The monoisotopic (exact) mass is 369 g/mol. The zero-order valence-electron chi connectivity index (χ0n) is 11.3. The van der Waals surface area contributed by atoms with Gasteiger partial charge in [0.2, 0.25) is 0 Å². The Labute approximate surface area is 134 Å². The molecular formula is C14H12BrNO4S. The number of thiophene rings is 1. The van der Waals surface area contributed by atoms with Gasteiger partial charge in [-0.15, -0.1) is 11.3 Å². The van der Waals surface area contributed by atoms with Gasteiger partial charge < -0.3 is 14.8 Å². The summed E-state index contributed by atoms with van der Waals surface area (Å²) in [5.74, 6) is -0.400. The minimum atomic E-state index is -0.483. The zero-order valence-corrected chi connectivity index (χ0v) is 13.7. The van der Waals surface area contributed by atoms with Crippen LogP contribution in [0.1, 0.15) is 20.0 Å². The molecule has 0 aliphatic carbocycles. The van der Waals surface area contributed by atoms with Crippen LogP contribution >= 0.6 is 27.3 Å². The number of amides is 1. The van der Waals surface area contributed by atoms with Crippen LogP contribution in [0.5, 0.6) is 5.75 Å². The number of rotatable bonds is 4. The van der Waals surface area contributed by atoms with Gasteiger partial charge in [-0.3, -0.25) is 4.79 Å². The highest BCUT2D eigenvalue weighted by molar-refractivity contribution is 9.10. The number of esters is 1. The zero-order chi connectivity index (χ0) is 15.4. The number of halogens is 1. The molecule has 1 N–H and O–H groups in total. The fourth-order valence-corrected chi connectivity index (χ4v) is 2.81. The molecule has 2 aromatic rings. The fraction of sp³-hybridized carbons (Fsp3) is 0.143. The molecular weight excluding hydrogens is 358 g/mol. The summed E-state index contributed by atoms with van der Waals surface area (Å²) in [5, 5.41) is 4.40. The van der Waals surface area contributed by atoms with Crippen molar-refractivity contribution in [1.29, 1.82) is 0 Å². The molecule has 21 heavy (non-hydrogen) atoms. The number of carbonyl (C=O) groups is 2. The van der Waals surface area contributed by atoms with Crippen molar-refractivity contribution in [1.82, 2.24) is 0 Å². The predicted molar refractivity (Wildman–Crippen MR) is 84.3 cm³/mol. The summed E-state index contributed by atoms with van der Waals surface area (Å²) >= 11 is 4.52. The topological polar surface area (TPSA) is 64.6 Å². The summed E-state index contributed by atoms with van der Waals surface area (Å²) in [5.41, 5.74) is 0.796. The Kier molecular flexibility index (Phi) is 4.98. The van der Waals surface area contributed by atoms with Crippen molar-refractivity contribution >= 4 is 44.8 Å². The third-order valence-corrected chi connectivity index (χ3v) is 4.08. The van der Waals surface area contributed by atoms with Crippen molar-refractivity contribution in [3.8, 4) is 5.75 Å². The highest BCUT2D eigenvalue weighted by atomic mass is 79.9. The van der Waals surface area contributed by atoms with Crippen LogP contribution in [0, 0.1) is 0 Å². The number of methoxy groups -OCH3 is 2. The molecule has 110 valence electrons. The van der Waals surface area contributed by atoms with E-state index in [1.54, 1.807) is 29.6 Å². The SMILES string of the molecule is COC(=O)c1sccc1NC(=O)c1ccc(Br)cc1OC. The highest BCUT2D eigenvalue weighted by Gasteiger charge is 2.18. The van der Waals surface area contributed by atoms with Gasteiger partial charge in [0.05, 0.1) is 25.5 Å². The lowest BCUT2D eigenvalue weighted by Gasteiger charge is -2.09. The molecule has 0 spiro atoms. The summed E-state index contributed by atoms with van der Waals surface area (Å²) in [6, 6.07) is 6.73. The summed E-state index contributed by atoms with van der Waals surface area (Å²) in [7, 11) is 2.79. The number of hydrogen-bond acceptors (Lipinski definition) is 5. The van der Waals surface area contributed by atoms with Crippen molar-refractivity contribution in [2.24, 2.45) is 0 Å². The molecule has 0 radical (unpaired) electrons. The van der Waals surface area contributed by atoms with E-state index < -0.39 is 5.97 Å². The second-order valence-corrected chi connectivity index (χ2v) is 5.79. The first-order chi connectivity index (χ1) is 10.1. The summed E-state index contributed by atoms with van der Waals surface area (Å²) in [6.45, 7) is 0. The number of ether oxygens (including phenoxy) is 2. The molecule has 0 atom stereocenters. The first-order valence-electron chi connectivity index (χ1n) is 5.87. The molecule has 1 aromatic heterocycles. The largest absolute Gasteiger partial charge is 0.496 e. The van der Waals surface area contributed by atoms with Gasteiger partial charge in [0.1, 0.15) is 10.6 Å². The first-order valence-corrected chi connectivity index (χ1v) is 7.54. The molecule has 0 bridgehead atoms. The number of nitrogens with one attached hydrogen (secondary N) is 1. The van der Waals surface area contributed by atoms with Gasteiger partial charge in [0, 0.05) is 4.47 Å². The molecule has 7 heteroatoms. The third-order valence-electron chi connectivity index (χ3n) is 2.69. The average molecular weight is 370 g/mol. The summed E-state index contributed by atoms with van der Waals surface area (Å²) < 4.78 is 10.7. The van der Waals surface area contributed by atoms with E-state index in [9.17, 15) is 9.59 Å². The highest BCUT2D eigenvalue weighted by Crippen LogP contribution is 2.27. The molecule has 0 fully saturated rings. The molecule has 1 aromatic carbocycles. The van der Waals surface area contributed by atoms with E-state index in [0.29, 0.717) is 21.9 Å². The summed E-state index contributed by atoms with van der Waals surface area (Å²) in [6.07, 6.45) is 0. The van der Waals surface area contributed by atoms with Gasteiger partial charge in [-0.1, -0.05) is 15.9 Å². The lowest BCUT2D eigenvalue weighted by Crippen LogP contribution is -2.15. The number of hydrogen-bond donors (Lipinski definition) is 1. The lowest BCUT2D eigenvalue weighted by molar-refractivity contribution is 0.0607. The Bertz CT molecular complexity index is 683. The van der Waals surface area contributed by atoms with E-state index in [1.165, 1.54) is 25.6 Å². The van der Waals surface area contributed by atoms with Crippen LogP contribution in [0.3, 0.4) is 0 Å². The van der Waals surface area contributed by atoms with Crippen molar-refractivity contribution in [3.05, 3.63) is 44.6 Å². The summed E-state index contributed by atoms with van der Waals surface area (Å²) in [4.78, 5) is 24.2. The van der Waals surface area contributed by atoms with Crippen molar-refractivity contribution in [2.45, 2.75) is 0 Å². The average Bonchev–Trinajstić information content (AvgIpc) is 2.94. The minimum Gasteiger partial charge on any atom is -0.496 e. The second kappa shape index (κ2) is 6.73. The molecule has 0 aliphatic rings. The standard InChI is InChI=1S/C14H12BrNO4S/c1-19-11-7-8(15)3-4-9(11)13(17)16-10-5-6-21-12(10)14(18)20-2/h3-7H,1-2H3,(H,16,17). The van der Waals surface area contributed by atoms with E-state index in [-0.39, 0.29) is 5.91 Å². The van der Waals surface area contributed by atoms with Crippen LogP contribution in [-0.2, 0) is 4.74 Å². The van der Waals surface area contributed by atoms with Gasteiger partial charge in [0.25, 0.3) is 5.91 Å². The van der Waals surface area contributed by atoms with Crippen molar-refractivity contribution in [3.63, 3.8) is 0 Å². The van der Waals surface area contributed by atoms with Gasteiger partial charge in [-0.05, 0) is 29.6 Å². The maximum atomic E-state index is 12.3. The van der Waals surface area contributed by atoms with Crippen molar-refractivity contribution in [2.75, 3.05) is 19.5 Å². The molecule has 0 unspecified atom stereocenters. The third kappa shape index (κ3) is 3.43. The molecule has 0 saturated carbocycles.